The van der Waals surface area contributed by atoms with Gasteiger partial charge >= 0.3 is 36.0 Å². The Hall–Kier alpha value is -8.66. The van der Waals surface area contributed by atoms with E-state index in [2.05, 4.69) is 82.1 Å². The first-order chi connectivity index (χ1) is 64.5. The number of nitrogens with zero attached hydrogens (tertiary/aromatic N) is 7. The van der Waals surface area contributed by atoms with Gasteiger partial charge in [-0.25, -0.2) is 28.6 Å². The van der Waals surface area contributed by atoms with Crippen LogP contribution in [0.4, 0.5) is 0 Å². The van der Waals surface area contributed by atoms with Crippen LogP contribution in [0.15, 0.2) is 208 Å². The highest BCUT2D eigenvalue weighted by molar-refractivity contribution is 7.73. The van der Waals surface area contributed by atoms with Gasteiger partial charge in [0.05, 0.1) is 117 Å². The number of carbonyl (C=O) groups is 1. The number of hydrogen-bond acceptors (Lipinski definition) is 35. The van der Waals surface area contributed by atoms with E-state index >= 15 is 0 Å². The molecule has 5 rings (SSSR count). The van der Waals surface area contributed by atoms with Crippen molar-refractivity contribution in [2.45, 2.75) is 148 Å². The van der Waals surface area contributed by atoms with Crippen LogP contribution in [0.3, 0.4) is 0 Å². The van der Waals surface area contributed by atoms with E-state index in [9.17, 15) is 85.8 Å². The molecular formula is C86H140N12O33P6. The average Bonchev–Trinajstić information content (AvgIpc) is 0.832. The summed E-state index contributed by atoms with van der Waals surface area (Å²) in [7, 11) is -11.1. The summed E-state index contributed by atoms with van der Waals surface area (Å²) in [5, 5.41) is 27.6. The largest absolute Gasteiger partial charge is 0.394 e. The molecular weight excluding hydrogens is 1910 g/mol. The van der Waals surface area contributed by atoms with Crippen LogP contribution in [0.5, 0.6) is 0 Å². The van der Waals surface area contributed by atoms with Crippen molar-refractivity contribution in [3.63, 3.8) is 0 Å². The van der Waals surface area contributed by atoms with Crippen LogP contribution in [-0.4, -0.2) is 278 Å². The Kier molecular flexibility index (Phi) is 65.6. The first-order valence-corrected chi connectivity index (χ1v) is 55.9. The number of rotatable bonds is 61. The molecule has 45 nitrogen and oxygen atoms in total. The molecule has 12 unspecified atom stereocenters. The Bertz CT molecular complexity index is 5300. The fourth-order valence-corrected chi connectivity index (χ4v) is 18.0. The van der Waals surface area contributed by atoms with Crippen LogP contribution < -0.4 is 56.2 Å². The number of ether oxygens (including phenoxy) is 10. The lowest BCUT2D eigenvalue weighted by atomic mass is 10.3. The minimum atomic E-state index is -3.21. The van der Waals surface area contributed by atoms with Crippen molar-refractivity contribution in [1.29, 1.82) is 5.26 Å². The van der Waals surface area contributed by atoms with Crippen molar-refractivity contribution in [1.82, 2.24) is 52.4 Å². The lowest BCUT2D eigenvalue weighted by Crippen LogP contribution is -2.37. The normalized spacial score (nSPS) is 14.7. The Morgan fingerprint density at radius 3 is 0.964 bits per heavy atom. The minimum absolute atomic E-state index is 0.00176. The third-order valence-corrected chi connectivity index (χ3v) is 27.2. The monoisotopic (exact) mass is 2050 g/mol. The van der Waals surface area contributed by atoms with Gasteiger partial charge in [0.1, 0.15) is 51.9 Å². The predicted molar refractivity (Wildman–Crippen MR) is 526 cm³/mol. The molecule has 12 atom stereocenters. The van der Waals surface area contributed by atoms with E-state index in [1.54, 1.807) is 101 Å². The summed E-state index contributed by atoms with van der Waals surface area (Å²) < 4.78 is 149. The van der Waals surface area contributed by atoms with E-state index < -0.39 is 157 Å². The van der Waals surface area contributed by atoms with Crippen molar-refractivity contribution in [2.75, 3.05) is 166 Å². The maximum absolute atomic E-state index is 12.5. The Morgan fingerprint density at radius 2 is 0.715 bits per heavy atom. The molecule has 0 fully saturated rings. The van der Waals surface area contributed by atoms with Gasteiger partial charge in [-0.05, 0) is 104 Å². The molecule has 5 aromatic rings. The molecule has 0 radical (unpaired) electrons. The van der Waals surface area contributed by atoms with Crippen LogP contribution >= 0.6 is 44.9 Å². The molecule has 0 aliphatic rings. The third kappa shape index (κ3) is 56.4. The predicted octanol–water partition coefficient (Wildman–Crippen LogP) is 9.21. The van der Waals surface area contributed by atoms with E-state index in [-0.39, 0.29) is 110 Å². The second-order valence-electron chi connectivity index (χ2n) is 30.7. The smallest absolute Gasteiger partial charge is 0.339 e. The van der Waals surface area contributed by atoms with Crippen molar-refractivity contribution in [3.8, 4) is 6.07 Å². The fourth-order valence-electron chi connectivity index (χ4n) is 10.5. The van der Waals surface area contributed by atoms with Crippen molar-refractivity contribution in [2.24, 2.45) is 0 Å². The topological polar surface area (TPSA) is 583 Å². The maximum Gasteiger partial charge on any atom is 0.339 e. The van der Waals surface area contributed by atoms with Crippen molar-refractivity contribution >= 4 is 51.2 Å². The summed E-state index contributed by atoms with van der Waals surface area (Å²) in [6, 6.07) is 8.35. The highest BCUT2D eigenvalue weighted by Crippen LogP contribution is 2.60. The molecule has 5 heterocycles. The van der Waals surface area contributed by atoms with E-state index in [1.165, 1.54) is 119 Å². The summed E-state index contributed by atoms with van der Waals surface area (Å²) in [6.07, 6.45) is 14.9. The van der Waals surface area contributed by atoms with E-state index in [0.29, 0.717) is 38.8 Å². The standard InChI is InChI=1S/C24H40N4O7P2.C16H25N2O5P.C15H23N2O6P.C13H20N2O5.C13H18N2O5.C5H14O5P2/c1-8-14-32-18-23(27-13-10-22(29)26-24(27)30)35-21(11-16-37(6,7)31)17-34-36(33-15-9-12-25)28(19(2)3)20(4)5;1-5-10-22-12-15(18-9-7-14(19)17-16(18)20)23-13(6-2)8-11-24(3,4)21;1-4-8-22-11-14(17-7-5-13(19)16-15(17)20)23-12(10-18)6-9-24(2,3)21;2*1-3-7-19-9-12(20-10(4-2)8-16)15-6-5-11(17)14-13(15)18;1-8-11(4,6)5-12(7,9-2)10-3/h8,10-11,13,16,19-21,23H,1,9,14-15,17-18H2,2-7H3,(H,26,29,30);5,7-9,11,13,15H,1,6,10,12H2,2-4H3,(H,17,19,20);4-7,9,12,14,18H,1,8,10-11H2,2-3H3,(H,16,19,20);3,5-6,10,12,16H,1,4,7-9H2,2H3,(H,14,17,18);3,5-6,8,10,12H,1,4,7,9H2,2H3,(H,14,17,18);5H2,1-4H3/b16-11+;11-8+;9-6+;;;. The van der Waals surface area contributed by atoms with Crippen LogP contribution in [0, 0.1) is 11.3 Å². The maximum atomic E-state index is 12.5. The zero-order valence-electron chi connectivity index (χ0n) is 81.0. The Labute approximate surface area is 797 Å². The molecule has 51 heteroatoms. The average molecular weight is 2060 g/mol. The zero-order valence-corrected chi connectivity index (χ0v) is 86.3. The number of aromatic amines is 5. The molecule has 7 N–H and O–H groups in total. The minimum Gasteiger partial charge on any atom is -0.394 e. The van der Waals surface area contributed by atoms with Gasteiger partial charge in [0.25, 0.3) is 36.3 Å². The third-order valence-electron chi connectivity index (χ3n) is 17.1. The van der Waals surface area contributed by atoms with E-state index in [0.717, 1.165) is 4.57 Å². The number of aromatic nitrogens is 10. The van der Waals surface area contributed by atoms with Crippen molar-refractivity contribution in [3.05, 3.63) is 264 Å². The fraction of sp³-hybridized carbons (Fsp3) is 0.558. The first kappa shape index (κ1) is 128. The van der Waals surface area contributed by atoms with Gasteiger partial charge < -0.3 is 98.7 Å². The van der Waals surface area contributed by atoms with Crippen LogP contribution in [0.25, 0.3) is 0 Å². The quantitative estimate of drug-likeness (QED) is 0.00824. The number of hydrogen-bond donors (Lipinski definition) is 7. The molecule has 0 aliphatic heterocycles. The molecule has 0 aliphatic carbocycles. The molecule has 772 valence electrons. The molecule has 5 aromatic heterocycles. The van der Waals surface area contributed by atoms with Gasteiger partial charge in [-0.15, -0.1) is 32.9 Å². The van der Waals surface area contributed by atoms with Crippen LogP contribution in [-0.2, 0) is 97.6 Å². The lowest BCUT2D eigenvalue weighted by Gasteiger charge is -2.36. The molecule has 0 saturated carbocycles. The number of aliphatic hydroxyl groups excluding tert-OH is 2. The molecule has 0 amide bonds. The molecule has 0 bridgehead atoms. The number of nitrogens with one attached hydrogen (secondary N) is 5. The highest BCUT2D eigenvalue weighted by atomic mass is 31.2. The van der Waals surface area contributed by atoms with Gasteiger partial charge in [-0.3, -0.25) is 80.9 Å². The van der Waals surface area contributed by atoms with Gasteiger partial charge in [-0.2, -0.15) is 5.26 Å². The molecule has 137 heavy (non-hydrogen) atoms. The first-order valence-electron chi connectivity index (χ1n) is 42.8. The van der Waals surface area contributed by atoms with Crippen molar-refractivity contribution < 1.29 is 108 Å². The Morgan fingerprint density at radius 1 is 0.423 bits per heavy atom. The molecule has 0 spiro atoms. The highest BCUT2D eigenvalue weighted by Gasteiger charge is 2.33. The van der Waals surface area contributed by atoms with E-state index in [4.69, 9.17) is 61.7 Å². The number of aliphatic hydroxyl groups is 2. The summed E-state index contributed by atoms with van der Waals surface area (Å²) in [5.74, 6) is 4.49. The second kappa shape index (κ2) is 70.1. The summed E-state index contributed by atoms with van der Waals surface area (Å²) in [5.41, 5.74) is -5.63. The lowest BCUT2D eigenvalue weighted by molar-refractivity contribution is -0.133. The molecule has 0 saturated heterocycles. The summed E-state index contributed by atoms with van der Waals surface area (Å²) in [6.45, 7) is 43.9. The van der Waals surface area contributed by atoms with Crippen LogP contribution in [0.1, 0.15) is 105 Å². The van der Waals surface area contributed by atoms with Gasteiger partial charge in [-0.1, -0.05) is 69.4 Å². The zero-order chi connectivity index (χ0) is 104. The van der Waals surface area contributed by atoms with Gasteiger partial charge in [0.15, 0.2) is 31.1 Å². The number of H-pyrrole nitrogens is 5. The number of carbonyl (C=O) groups excluding carboxylic acids is 1. The Balaban J connectivity index is 0.00000167. The van der Waals surface area contributed by atoms with Gasteiger partial charge in [0, 0.05) is 101 Å². The molecule has 0 aromatic carbocycles. The SMILES string of the molecule is C=CCOCC(OC(/C=C/P(C)(C)=O)CC)n1ccc(=O)[nH]c1=O.C=CCOCC(OC(/C=C/P(C)(C)=O)CO)n1ccc(=O)[nH]c1=O.C=CCOCC(OC(/C=C/P(C)(C)=O)COP(OCCC#N)N(C(C)C)C(C)C)n1ccc(=O)[nH]c1=O.C=CCOCC(OC(C=O)CC)n1ccc(=O)[nH]c1=O.C=CCOCC(OC(CC)CO)n1ccc(=O)[nH]c1=O.COP(C)(=O)CP(=O)(OC)OC. The number of aldehydes is 1. The van der Waals surface area contributed by atoms with Gasteiger partial charge in [0.2, 0.25) is 7.37 Å². The number of nitriles is 1. The van der Waals surface area contributed by atoms with Crippen LogP contribution in [0.2, 0.25) is 0 Å². The van der Waals surface area contributed by atoms with E-state index in [1.807, 2.05) is 41.5 Å². The second-order valence-corrected chi connectivity index (χ2v) is 47.1. The summed E-state index contributed by atoms with van der Waals surface area (Å²) >= 11 is 0. The summed E-state index contributed by atoms with van der Waals surface area (Å²) in [4.78, 5) is 138.